The molecule has 0 N–H and O–H groups in total. The molecule has 0 rings (SSSR count). The third kappa shape index (κ3) is 227. The topological polar surface area (TPSA) is 109 Å². The van der Waals surface area contributed by atoms with Gasteiger partial charge in [-0.3, -0.25) is 0 Å². The Morgan fingerprint density at radius 3 is 1.12 bits per heavy atom. The van der Waals surface area contributed by atoms with Gasteiger partial charge in [0.05, 0.1) is 0 Å². The van der Waals surface area contributed by atoms with E-state index in [0.29, 0.717) is 0 Å². The average Bonchev–Trinajstić information content (AvgIpc) is 2.48. The molecule has 0 aromatic carbocycles. The fourth-order valence-corrected chi connectivity index (χ4v) is 0.0833. The zero-order valence-electron chi connectivity index (χ0n) is 8.14. The predicted octanol–water partition coefficient (Wildman–Crippen LogP) is 0.308. The Bertz CT molecular complexity index is 188. The summed E-state index contributed by atoms with van der Waals surface area (Å²) >= 11 is 2.65. The third-order valence-corrected chi connectivity index (χ3v) is 0.888. The Morgan fingerprint density at radius 1 is 0.938 bits per heavy atom. The third-order valence-electron chi connectivity index (χ3n) is 0.368. The molecule has 0 aliphatic carbocycles. The maximum atomic E-state index is 7.50. The molecule has 0 fully saturated rings. The molecular weight excluding hydrogens is 256 g/mol. The molecule has 6 nitrogen and oxygen atoms in total. The molecule has 0 aromatic rings. The van der Waals surface area contributed by atoms with Crippen molar-refractivity contribution < 1.29 is 43.8 Å². The first-order chi connectivity index (χ1) is 7.81. The van der Waals surface area contributed by atoms with Crippen LogP contribution >= 0.6 is 0 Å². The van der Waals surface area contributed by atoms with E-state index in [9.17, 15) is 0 Å². The molecule has 0 aliphatic rings. The summed E-state index contributed by atoms with van der Waals surface area (Å²) in [5, 5.41) is 0. The van der Waals surface area contributed by atoms with Crippen LogP contribution in [0.4, 0.5) is 0 Å². The number of ether oxygens (including phenoxy) is 1. The Hall–Kier alpha value is -1.20. The van der Waals surface area contributed by atoms with Crippen molar-refractivity contribution in [2.24, 2.45) is 0 Å². The number of hydrogen-bond donors (Lipinski definition) is 0. The second-order valence-corrected chi connectivity index (χ2v) is 1.36. The van der Waals surface area contributed by atoms with Crippen LogP contribution in [-0.2, 0) is 43.8 Å². The maximum absolute atomic E-state index is 7.50. The van der Waals surface area contributed by atoms with Crippen molar-refractivity contribution in [2.45, 2.75) is 0 Å². The SMILES string of the molecule is C=C[C](=[Cr])OC.[C-]#[O+].[C-]#[O+].[C-]#[O+].[C-]#[O+].[C-]#[O+]. The molecule has 0 spiro atoms. The first kappa shape index (κ1) is 36.4. The summed E-state index contributed by atoms with van der Waals surface area (Å²) in [5.41, 5.74) is 0. The van der Waals surface area contributed by atoms with Gasteiger partial charge in [-0.1, -0.05) is 0 Å². The van der Waals surface area contributed by atoms with E-state index in [1.807, 2.05) is 0 Å². The van der Waals surface area contributed by atoms with Crippen molar-refractivity contribution in [3.05, 3.63) is 45.9 Å². The molecule has 0 saturated carbocycles. The van der Waals surface area contributed by atoms with Gasteiger partial charge in [-0.05, 0) is 0 Å². The van der Waals surface area contributed by atoms with Crippen LogP contribution in [0.5, 0.6) is 0 Å². The number of rotatable bonds is 2. The van der Waals surface area contributed by atoms with E-state index in [-0.39, 0.29) is 0 Å². The second kappa shape index (κ2) is 156. The molecule has 0 unspecified atom stereocenters. The van der Waals surface area contributed by atoms with Gasteiger partial charge in [-0.15, -0.1) is 0 Å². The van der Waals surface area contributed by atoms with Gasteiger partial charge in [-0.2, -0.15) is 0 Å². The molecule has 7 heteroatoms. The van der Waals surface area contributed by atoms with Crippen LogP contribution in [-0.4, -0.2) is 11.7 Å². The van der Waals surface area contributed by atoms with E-state index >= 15 is 0 Å². The van der Waals surface area contributed by atoms with Crippen LogP contribution < -0.4 is 0 Å². The van der Waals surface area contributed by atoms with Crippen molar-refractivity contribution in [3.63, 3.8) is 0 Å². The summed E-state index contributed by atoms with van der Waals surface area (Å²) in [4.78, 5) is 0. The number of hydrogen-bond acceptors (Lipinski definition) is 1. The molecule has 0 aliphatic heterocycles. The number of methoxy groups -OCH3 is 1. The van der Waals surface area contributed by atoms with E-state index < -0.39 is 0 Å². The van der Waals surface area contributed by atoms with Gasteiger partial charge < -0.3 is 0 Å². The zero-order chi connectivity index (χ0) is 15.0. The van der Waals surface area contributed by atoms with Crippen LogP contribution in [0.1, 0.15) is 0 Å². The summed E-state index contributed by atoms with van der Waals surface area (Å²) in [6.45, 7) is 25.9. The molecule has 0 saturated heterocycles. The van der Waals surface area contributed by atoms with Gasteiger partial charge in [0.25, 0.3) is 0 Å². The standard InChI is InChI=1S/C4H6O.5CO.Cr/c1-3-4-5-2;5*1-2;/h3H,1H2,2H3;;;;;;. The summed E-state index contributed by atoms with van der Waals surface area (Å²) in [6.07, 6.45) is 1.61. The molecule has 0 heterocycles. The van der Waals surface area contributed by atoms with Gasteiger partial charge in [-0.25, -0.2) is 0 Å². The van der Waals surface area contributed by atoms with Crippen molar-refractivity contribution in [3.8, 4) is 0 Å². The minimum atomic E-state index is 0.731. The van der Waals surface area contributed by atoms with E-state index in [0.717, 1.165) is 4.57 Å². The van der Waals surface area contributed by atoms with Gasteiger partial charge in [0.15, 0.2) is 0 Å². The fourth-order valence-electron chi connectivity index (χ4n) is 0.0833. The van der Waals surface area contributed by atoms with E-state index in [4.69, 9.17) is 23.3 Å². The van der Waals surface area contributed by atoms with Crippen LogP contribution in [0, 0.1) is 33.3 Å². The summed E-state index contributed by atoms with van der Waals surface area (Å²) in [5.74, 6) is 0. The zero-order valence-corrected chi connectivity index (χ0v) is 9.42. The average molecular weight is 262 g/mol. The Morgan fingerprint density at radius 2 is 1.12 bits per heavy atom. The van der Waals surface area contributed by atoms with E-state index in [1.54, 1.807) is 13.2 Å². The summed E-state index contributed by atoms with van der Waals surface area (Å²) in [7, 11) is 1.59. The Kier molecular flexibility index (Phi) is 356. The normalized spacial score (nSPS) is 3.44. The molecule has 0 atom stereocenters. The van der Waals surface area contributed by atoms with Crippen molar-refractivity contribution >= 4 is 4.57 Å². The molecule has 16 heavy (non-hydrogen) atoms. The van der Waals surface area contributed by atoms with Crippen molar-refractivity contribution in [1.82, 2.24) is 0 Å². The van der Waals surface area contributed by atoms with Crippen molar-refractivity contribution in [1.29, 1.82) is 0 Å². The molecule has 0 aromatic heterocycles. The predicted molar refractivity (Wildman–Crippen MR) is 41.9 cm³/mol. The van der Waals surface area contributed by atoms with E-state index in [2.05, 4.69) is 60.4 Å². The molecular formula is C9H6CrO6. The van der Waals surface area contributed by atoms with Crippen LogP contribution in [0.25, 0.3) is 0 Å². The van der Waals surface area contributed by atoms with Gasteiger partial charge in [0.2, 0.25) is 0 Å². The van der Waals surface area contributed by atoms with Crippen LogP contribution in [0.15, 0.2) is 12.7 Å². The van der Waals surface area contributed by atoms with Crippen LogP contribution in [0.3, 0.4) is 0 Å². The first-order valence-corrected chi connectivity index (χ1v) is 3.17. The fraction of sp³-hybridized carbons (Fsp3) is 0.111. The van der Waals surface area contributed by atoms with Gasteiger partial charge in [0, 0.05) is 0 Å². The molecule has 0 radical (unpaired) electrons. The second-order valence-electron chi connectivity index (χ2n) is 0.727. The Balaban J connectivity index is -0.0000000214. The first-order valence-electron chi connectivity index (χ1n) is 2.53. The summed E-state index contributed by atoms with van der Waals surface area (Å²) < 4.78 is 42.9. The Labute approximate surface area is 102 Å². The quantitative estimate of drug-likeness (QED) is 0.517. The molecule has 0 bridgehead atoms. The molecule has 0 amide bonds. The summed E-state index contributed by atoms with van der Waals surface area (Å²) in [6, 6.07) is 0. The molecule has 84 valence electrons. The van der Waals surface area contributed by atoms with Crippen LogP contribution in [0.2, 0.25) is 0 Å². The van der Waals surface area contributed by atoms with Gasteiger partial charge >= 0.3 is 101 Å². The minimum absolute atomic E-state index is 0.731. The van der Waals surface area contributed by atoms with Crippen molar-refractivity contribution in [2.75, 3.05) is 7.11 Å². The monoisotopic (exact) mass is 262 g/mol. The van der Waals surface area contributed by atoms with Gasteiger partial charge in [0.1, 0.15) is 0 Å². The van der Waals surface area contributed by atoms with E-state index in [1.165, 1.54) is 0 Å².